The Labute approximate surface area is 140 Å². The maximum Gasteiger partial charge on any atom is 0.240 e. The van der Waals surface area contributed by atoms with Crippen LogP contribution in [0.2, 0.25) is 0 Å². The van der Waals surface area contributed by atoms with Crippen molar-refractivity contribution in [2.24, 2.45) is 5.92 Å². The van der Waals surface area contributed by atoms with E-state index in [4.69, 9.17) is 4.74 Å². The Balaban J connectivity index is 2.32. The van der Waals surface area contributed by atoms with Gasteiger partial charge in [-0.15, -0.1) is 0 Å². The van der Waals surface area contributed by atoms with Gasteiger partial charge in [0, 0.05) is 11.6 Å². The molecule has 1 saturated carbocycles. The molecule has 1 aromatic rings. The molecule has 130 valence electrons. The fourth-order valence-electron chi connectivity index (χ4n) is 3.20. The summed E-state index contributed by atoms with van der Waals surface area (Å²) in [5.74, 6) is 1.11. The summed E-state index contributed by atoms with van der Waals surface area (Å²) in [6.45, 7) is 8.29. The molecule has 0 bridgehead atoms. The van der Waals surface area contributed by atoms with Crippen LogP contribution in [-0.4, -0.2) is 21.6 Å². The molecule has 1 N–H and O–H groups in total. The van der Waals surface area contributed by atoms with Gasteiger partial charge in [0.05, 0.1) is 12.0 Å². The molecule has 23 heavy (non-hydrogen) atoms. The Bertz CT molecular complexity index is 647. The van der Waals surface area contributed by atoms with E-state index in [1.165, 1.54) is 6.42 Å². The fourth-order valence-corrected chi connectivity index (χ4v) is 4.60. The van der Waals surface area contributed by atoms with Gasteiger partial charge in [0.25, 0.3) is 0 Å². The highest BCUT2D eigenvalue weighted by Crippen LogP contribution is 2.33. The average molecular weight is 340 g/mol. The second-order valence-electron chi connectivity index (χ2n) is 7.60. The normalized spacial score (nSPS) is 22.8. The minimum atomic E-state index is -3.51. The Morgan fingerprint density at radius 2 is 1.83 bits per heavy atom. The highest BCUT2D eigenvalue weighted by molar-refractivity contribution is 7.89. The van der Waals surface area contributed by atoms with Gasteiger partial charge in [-0.25, -0.2) is 13.1 Å². The second-order valence-corrected chi connectivity index (χ2v) is 9.32. The third-order valence-electron chi connectivity index (χ3n) is 4.71. The molecular formula is C18H29NO3S. The molecular weight excluding hydrogens is 310 g/mol. The summed E-state index contributed by atoms with van der Waals surface area (Å²) < 4.78 is 33.8. The number of nitrogens with one attached hydrogen (secondary N) is 1. The molecule has 4 nitrogen and oxygen atoms in total. The topological polar surface area (TPSA) is 55.4 Å². The number of ether oxygens (including phenoxy) is 1. The molecule has 2 atom stereocenters. The maximum absolute atomic E-state index is 12.8. The van der Waals surface area contributed by atoms with E-state index in [1.54, 1.807) is 25.3 Å². The van der Waals surface area contributed by atoms with Gasteiger partial charge < -0.3 is 4.74 Å². The average Bonchev–Trinajstić information content (AvgIpc) is 2.48. The molecule has 0 aromatic heterocycles. The first-order chi connectivity index (χ1) is 10.6. The quantitative estimate of drug-likeness (QED) is 0.906. The van der Waals surface area contributed by atoms with Gasteiger partial charge in [0.1, 0.15) is 5.75 Å². The summed E-state index contributed by atoms with van der Waals surface area (Å²) in [5.41, 5.74) is 0.717. The van der Waals surface area contributed by atoms with E-state index in [0.717, 1.165) is 30.6 Å². The summed E-state index contributed by atoms with van der Waals surface area (Å²) in [4.78, 5) is 0.320. The zero-order chi connectivity index (χ0) is 17.3. The van der Waals surface area contributed by atoms with Crippen LogP contribution in [-0.2, 0) is 15.4 Å². The highest BCUT2D eigenvalue weighted by Gasteiger charge is 2.28. The Hall–Kier alpha value is -1.07. The lowest BCUT2D eigenvalue weighted by molar-refractivity contribution is 0.310. The molecule has 1 fully saturated rings. The van der Waals surface area contributed by atoms with E-state index >= 15 is 0 Å². The second kappa shape index (κ2) is 6.81. The van der Waals surface area contributed by atoms with E-state index in [0.29, 0.717) is 10.8 Å². The summed E-state index contributed by atoms with van der Waals surface area (Å²) in [6.07, 6.45) is 4.29. The van der Waals surface area contributed by atoms with Crippen molar-refractivity contribution in [3.8, 4) is 5.75 Å². The number of methoxy groups -OCH3 is 1. The largest absolute Gasteiger partial charge is 0.496 e. The van der Waals surface area contributed by atoms with Crippen molar-refractivity contribution in [3.63, 3.8) is 0 Å². The summed E-state index contributed by atoms with van der Waals surface area (Å²) in [7, 11) is -1.89. The van der Waals surface area contributed by atoms with Crippen molar-refractivity contribution in [1.29, 1.82) is 0 Å². The van der Waals surface area contributed by atoms with Crippen LogP contribution in [0, 0.1) is 5.92 Å². The molecule has 5 heteroatoms. The SMILES string of the molecule is COc1ccc(S(=O)(=O)N[C@H]2CCCC[C@H]2C)cc1C(C)(C)C. The molecule has 1 aliphatic rings. The first kappa shape index (κ1) is 18.3. The van der Waals surface area contributed by atoms with Crippen LogP contribution in [0.15, 0.2) is 23.1 Å². The lowest BCUT2D eigenvalue weighted by Gasteiger charge is -2.29. The zero-order valence-corrected chi connectivity index (χ0v) is 15.7. The van der Waals surface area contributed by atoms with Crippen molar-refractivity contribution in [2.75, 3.05) is 7.11 Å². The molecule has 2 rings (SSSR count). The maximum atomic E-state index is 12.8. The van der Waals surface area contributed by atoms with Gasteiger partial charge in [-0.1, -0.05) is 40.5 Å². The van der Waals surface area contributed by atoms with Crippen molar-refractivity contribution in [3.05, 3.63) is 23.8 Å². The van der Waals surface area contributed by atoms with Crippen molar-refractivity contribution in [2.45, 2.75) is 69.7 Å². The van der Waals surface area contributed by atoms with Crippen molar-refractivity contribution in [1.82, 2.24) is 4.72 Å². The third kappa shape index (κ3) is 4.27. The zero-order valence-electron chi connectivity index (χ0n) is 14.8. The molecule has 0 amide bonds. The first-order valence-corrected chi connectivity index (χ1v) is 9.84. The van der Waals surface area contributed by atoms with E-state index in [-0.39, 0.29) is 11.5 Å². The number of hydrogen-bond donors (Lipinski definition) is 1. The smallest absolute Gasteiger partial charge is 0.240 e. The van der Waals surface area contributed by atoms with Gasteiger partial charge in [-0.2, -0.15) is 0 Å². The van der Waals surface area contributed by atoms with Gasteiger partial charge in [-0.05, 0) is 42.4 Å². The van der Waals surface area contributed by atoms with Crippen LogP contribution in [0.1, 0.15) is 58.9 Å². The minimum absolute atomic E-state index is 0.0361. The third-order valence-corrected chi connectivity index (χ3v) is 6.19. The van der Waals surface area contributed by atoms with Crippen molar-refractivity contribution >= 4 is 10.0 Å². The molecule has 0 radical (unpaired) electrons. The number of benzene rings is 1. The van der Waals surface area contributed by atoms with Gasteiger partial charge in [0.15, 0.2) is 0 Å². The fraction of sp³-hybridized carbons (Fsp3) is 0.667. The Morgan fingerprint density at radius 1 is 1.17 bits per heavy atom. The van der Waals surface area contributed by atoms with Gasteiger partial charge >= 0.3 is 0 Å². The Morgan fingerprint density at radius 3 is 2.39 bits per heavy atom. The lowest BCUT2D eigenvalue weighted by Crippen LogP contribution is -2.41. The molecule has 0 heterocycles. The molecule has 1 aromatic carbocycles. The van der Waals surface area contributed by atoms with E-state index in [9.17, 15) is 8.42 Å². The summed E-state index contributed by atoms with van der Waals surface area (Å²) in [5, 5.41) is 0. The molecule has 0 aliphatic heterocycles. The van der Waals surface area contributed by atoms with Crippen molar-refractivity contribution < 1.29 is 13.2 Å². The minimum Gasteiger partial charge on any atom is -0.496 e. The van der Waals surface area contributed by atoms with Gasteiger partial charge in [-0.3, -0.25) is 0 Å². The predicted octanol–water partition coefficient (Wildman–Crippen LogP) is 3.85. The summed E-state index contributed by atoms with van der Waals surface area (Å²) >= 11 is 0. The molecule has 1 aliphatic carbocycles. The van der Waals surface area contributed by atoms with Crippen LogP contribution in [0.4, 0.5) is 0 Å². The monoisotopic (exact) mass is 339 g/mol. The highest BCUT2D eigenvalue weighted by atomic mass is 32.2. The van der Waals surface area contributed by atoms with Crippen LogP contribution in [0.3, 0.4) is 0 Å². The lowest BCUT2D eigenvalue weighted by atomic mass is 9.86. The number of hydrogen-bond acceptors (Lipinski definition) is 3. The standard InChI is InChI=1S/C18H29NO3S/c1-13-8-6-7-9-16(13)19-23(20,21)14-10-11-17(22-5)15(12-14)18(2,3)4/h10-13,16,19H,6-9H2,1-5H3/t13-,16+/m1/s1. The summed E-state index contributed by atoms with van der Waals surface area (Å²) in [6, 6.07) is 5.16. The van der Waals surface area contributed by atoms with E-state index in [1.807, 2.05) is 0 Å². The predicted molar refractivity (Wildman–Crippen MR) is 93.4 cm³/mol. The van der Waals surface area contributed by atoms with E-state index < -0.39 is 10.0 Å². The molecule has 0 spiro atoms. The van der Waals surface area contributed by atoms with Crippen LogP contribution < -0.4 is 9.46 Å². The van der Waals surface area contributed by atoms with Crippen LogP contribution in [0.5, 0.6) is 5.75 Å². The first-order valence-electron chi connectivity index (χ1n) is 8.36. The molecule has 0 unspecified atom stereocenters. The van der Waals surface area contributed by atoms with E-state index in [2.05, 4.69) is 32.4 Å². The Kier molecular flexibility index (Phi) is 5.41. The number of sulfonamides is 1. The molecule has 0 saturated heterocycles. The van der Waals surface area contributed by atoms with Crippen LogP contribution in [0.25, 0.3) is 0 Å². The van der Waals surface area contributed by atoms with Gasteiger partial charge in [0.2, 0.25) is 10.0 Å². The van der Waals surface area contributed by atoms with Crippen LogP contribution >= 0.6 is 0 Å². The number of rotatable bonds is 4.